The summed E-state index contributed by atoms with van der Waals surface area (Å²) < 4.78 is 44.2. The third-order valence-electron chi connectivity index (χ3n) is 5.74. The molecule has 2 amide bonds. The Kier molecular flexibility index (Phi) is 7.52. The molecule has 1 aliphatic rings. The topological polar surface area (TPSA) is 80.6 Å². The van der Waals surface area contributed by atoms with Crippen LogP contribution in [0.15, 0.2) is 24.4 Å². The molecule has 2 aromatic rings. The lowest BCUT2D eigenvalue weighted by molar-refractivity contribution is -0.143. The molecule has 0 spiro atoms. The molecule has 11 heteroatoms. The highest BCUT2D eigenvalue weighted by atomic mass is 19.4. The van der Waals surface area contributed by atoms with Crippen molar-refractivity contribution < 1.29 is 27.5 Å². The number of halogens is 3. The third-order valence-corrected chi connectivity index (χ3v) is 5.74. The Balaban J connectivity index is 1.62. The molecule has 2 heterocycles. The highest BCUT2D eigenvalue weighted by Crippen LogP contribution is 2.29. The zero-order chi connectivity index (χ0) is 25.2. The van der Waals surface area contributed by atoms with Crippen molar-refractivity contribution in [2.75, 3.05) is 19.6 Å². The maximum Gasteiger partial charge on any atom is 0.408 e. The molecule has 1 fully saturated rings. The van der Waals surface area contributed by atoms with Gasteiger partial charge in [-0.05, 0) is 43.9 Å². The zero-order valence-corrected chi connectivity index (χ0v) is 20.0. The van der Waals surface area contributed by atoms with E-state index in [2.05, 4.69) is 24.2 Å². The van der Waals surface area contributed by atoms with Gasteiger partial charge in [0.2, 0.25) is 0 Å². The number of benzene rings is 1. The second-order valence-electron chi connectivity index (χ2n) is 9.00. The molecule has 8 nitrogen and oxygen atoms in total. The first-order valence-electron chi connectivity index (χ1n) is 11.2. The number of carbonyl (C=O) groups excluding carboxylic acids is 2. The van der Waals surface area contributed by atoms with Crippen LogP contribution in [0, 0.1) is 6.92 Å². The van der Waals surface area contributed by atoms with Gasteiger partial charge in [0.25, 0.3) is 11.8 Å². The molecule has 0 radical (unpaired) electrons. The van der Waals surface area contributed by atoms with Crippen molar-refractivity contribution >= 4 is 11.8 Å². The lowest BCUT2D eigenvalue weighted by Crippen LogP contribution is -2.57. The molecule has 2 unspecified atom stereocenters. The number of aryl methyl sites for hydroxylation is 1. The number of piperazine rings is 1. The van der Waals surface area contributed by atoms with Gasteiger partial charge < -0.3 is 14.5 Å². The standard InChI is InChI=1S/C23H30F3N5O3/c1-14(2)18-7-6-15(3)10-20(18)34-17(5)21(32)29-8-9-31(16(4)11-29)22(33)19-12-30(28-27-19)13-23(24,25)26/h6-7,10,12,14,16-17H,8-9,11,13H2,1-5H3. The van der Waals surface area contributed by atoms with Gasteiger partial charge in [-0.3, -0.25) is 9.59 Å². The average Bonchev–Trinajstić information content (AvgIpc) is 3.19. The monoisotopic (exact) mass is 481 g/mol. The molecule has 34 heavy (non-hydrogen) atoms. The lowest BCUT2D eigenvalue weighted by Gasteiger charge is -2.40. The highest BCUT2D eigenvalue weighted by molar-refractivity contribution is 5.92. The van der Waals surface area contributed by atoms with E-state index < -0.39 is 24.7 Å². The first-order valence-corrected chi connectivity index (χ1v) is 11.2. The van der Waals surface area contributed by atoms with Crippen molar-refractivity contribution in [3.05, 3.63) is 41.2 Å². The van der Waals surface area contributed by atoms with E-state index in [0.717, 1.165) is 17.3 Å². The molecule has 0 N–H and O–H groups in total. The Morgan fingerprint density at radius 2 is 1.91 bits per heavy atom. The van der Waals surface area contributed by atoms with E-state index in [1.54, 1.807) is 18.7 Å². The maximum atomic E-state index is 13.1. The van der Waals surface area contributed by atoms with Gasteiger partial charge in [-0.2, -0.15) is 13.2 Å². The number of rotatable bonds is 6. The molecule has 3 rings (SSSR count). The summed E-state index contributed by atoms with van der Waals surface area (Å²) in [6.07, 6.45) is -4.18. The van der Waals surface area contributed by atoms with Crippen molar-refractivity contribution in [1.29, 1.82) is 0 Å². The fourth-order valence-corrected chi connectivity index (χ4v) is 3.98. The summed E-state index contributed by atoms with van der Waals surface area (Å²) in [5.74, 6) is 0.214. The molecule has 1 aromatic heterocycles. The van der Waals surface area contributed by atoms with E-state index in [4.69, 9.17) is 4.74 Å². The van der Waals surface area contributed by atoms with Gasteiger partial charge in [-0.1, -0.05) is 31.2 Å². The summed E-state index contributed by atoms with van der Waals surface area (Å²) in [5.41, 5.74) is 1.90. The van der Waals surface area contributed by atoms with Gasteiger partial charge in [0.1, 0.15) is 12.3 Å². The van der Waals surface area contributed by atoms with Crippen molar-refractivity contribution in [2.45, 2.75) is 65.4 Å². The number of carbonyl (C=O) groups is 2. The van der Waals surface area contributed by atoms with Crippen molar-refractivity contribution in [3.63, 3.8) is 0 Å². The lowest BCUT2D eigenvalue weighted by atomic mass is 10.0. The van der Waals surface area contributed by atoms with Crippen molar-refractivity contribution in [3.8, 4) is 5.75 Å². The van der Waals surface area contributed by atoms with Gasteiger partial charge in [0.15, 0.2) is 11.8 Å². The summed E-state index contributed by atoms with van der Waals surface area (Å²) >= 11 is 0. The first-order chi connectivity index (χ1) is 15.9. The molecule has 1 aliphatic heterocycles. The van der Waals surface area contributed by atoms with Gasteiger partial charge in [0, 0.05) is 25.7 Å². The number of aromatic nitrogens is 3. The minimum absolute atomic E-state index is 0.159. The van der Waals surface area contributed by atoms with Crippen LogP contribution in [0.5, 0.6) is 5.75 Å². The van der Waals surface area contributed by atoms with E-state index in [9.17, 15) is 22.8 Å². The Hall–Kier alpha value is -3.11. The summed E-state index contributed by atoms with van der Waals surface area (Å²) in [6.45, 7) is 9.03. The van der Waals surface area contributed by atoms with Crippen LogP contribution in [0.3, 0.4) is 0 Å². The number of ether oxygens (including phenoxy) is 1. The summed E-state index contributed by atoms with van der Waals surface area (Å²) in [6, 6.07) is 5.58. The SMILES string of the molecule is Cc1ccc(C(C)C)c(OC(C)C(=O)N2CCN(C(=O)c3cn(CC(F)(F)F)nn3)C(C)C2)c1. The summed E-state index contributed by atoms with van der Waals surface area (Å²) in [7, 11) is 0. The van der Waals surface area contributed by atoms with Gasteiger partial charge >= 0.3 is 6.18 Å². The van der Waals surface area contributed by atoms with Crippen LogP contribution < -0.4 is 4.74 Å². The number of amides is 2. The Morgan fingerprint density at radius 3 is 2.53 bits per heavy atom. The zero-order valence-electron chi connectivity index (χ0n) is 20.0. The van der Waals surface area contributed by atoms with E-state index in [-0.39, 0.29) is 43.2 Å². The quantitative estimate of drug-likeness (QED) is 0.632. The molecular weight excluding hydrogens is 451 g/mol. The molecule has 0 bridgehead atoms. The van der Waals surface area contributed by atoms with E-state index in [0.29, 0.717) is 10.4 Å². The Labute approximate surface area is 196 Å². The number of alkyl halides is 3. The van der Waals surface area contributed by atoms with Crippen LogP contribution in [0.25, 0.3) is 0 Å². The second-order valence-corrected chi connectivity index (χ2v) is 9.00. The predicted octanol–water partition coefficient (Wildman–Crippen LogP) is 3.41. The minimum atomic E-state index is -4.46. The fraction of sp³-hybridized carbons (Fsp3) is 0.565. The molecule has 1 saturated heterocycles. The maximum absolute atomic E-state index is 13.1. The molecular formula is C23H30F3N5O3. The number of nitrogens with zero attached hydrogens (tertiary/aromatic N) is 5. The predicted molar refractivity (Wildman–Crippen MR) is 119 cm³/mol. The third kappa shape index (κ3) is 6.06. The summed E-state index contributed by atoms with van der Waals surface area (Å²) in [4.78, 5) is 29.0. The smallest absolute Gasteiger partial charge is 0.408 e. The number of hydrogen-bond acceptors (Lipinski definition) is 5. The van der Waals surface area contributed by atoms with Crippen LogP contribution in [-0.4, -0.2) is 74.6 Å². The Bertz CT molecular complexity index is 1040. The van der Waals surface area contributed by atoms with E-state index in [1.807, 2.05) is 25.1 Å². The molecule has 0 aliphatic carbocycles. The van der Waals surface area contributed by atoms with Crippen LogP contribution in [-0.2, 0) is 11.3 Å². The second kappa shape index (κ2) is 10.0. The van der Waals surface area contributed by atoms with Crippen molar-refractivity contribution in [2.24, 2.45) is 0 Å². The van der Waals surface area contributed by atoms with Crippen LogP contribution in [0.1, 0.15) is 55.2 Å². The summed E-state index contributed by atoms with van der Waals surface area (Å²) in [5, 5.41) is 6.98. The van der Waals surface area contributed by atoms with E-state index in [1.165, 1.54) is 4.90 Å². The largest absolute Gasteiger partial charge is 0.481 e. The van der Waals surface area contributed by atoms with E-state index >= 15 is 0 Å². The van der Waals surface area contributed by atoms with Crippen LogP contribution in [0.2, 0.25) is 0 Å². The van der Waals surface area contributed by atoms with Crippen LogP contribution in [0.4, 0.5) is 13.2 Å². The fourth-order valence-electron chi connectivity index (χ4n) is 3.98. The normalized spacial score (nSPS) is 17.7. The van der Waals surface area contributed by atoms with Gasteiger partial charge in [-0.15, -0.1) is 5.10 Å². The molecule has 1 aromatic carbocycles. The average molecular weight is 482 g/mol. The van der Waals surface area contributed by atoms with Crippen LogP contribution >= 0.6 is 0 Å². The Morgan fingerprint density at radius 1 is 1.21 bits per heavy atom. The minimum Gasteiger partial charge on any atom is -0.481 e. The van der Waals surface area contributed by atoms with Gasteiger partial charge in [0.05, 0.1) is 6.20 Å². The van der Waals surface area contributed by atoms with Crippen molar-refractivity contribution in [1.82, 2.24) is 24.8 Å². The van der Waals surface area contributed by atoms with Gasteiger partial charge in [-0.25, -0.2) is 4.68 Å². The first kappa shape index (κ1) is 25.5. The molecule has 2 atom stereocenters. The molecule has 0 saturated carbocycles. The number of hydrogen-bond donors (Lipinski definition) is 0. The highest BCUT2D eigenvalue weighted by Gasteiger charge is 2.34. The molecule has 186 valence electrons.